The average Bonchev–Trinajstić information content (AvgIpc) is 2.25. The van der Waals surface area contributed by atoms with Crippen molar-refractivity contribution in [3.8, 4) is 5.75 Å². The normalized spacial score (nSPS) is 11.2. The van der Waals surface area contributed by atoms with Gasteiger partial charge in [0.05, 0.1) is 9.92 Å². The van der Waals surface area contributed by atoms with Gasteiger partial charge in [-0.15, -0.1) is 0 Å². The van der Waals surface area contributed by atoms with Crippen molar-refractivity contribution in [3.63, 3.8) is 0 Å². The first-order valence-corrected chi connectivity index (χ1v) is 6.89. The van der Waals surface area contributed by atoms with E-state index in [0.29, 0.717) is 12.4 Å². The van der Waals surface area contributed by atoms with Crippen LogP contribution < -0.4 is 9.88 Å². The first-order chi connectivity index (χ1) is 7.84. The maximum Gasteiger partial charge on any atom is 0.238 e. The summed E-state index contributed by atoms with van der Waals surface area (Å²) in [4.78, 5) is -0.0378. The Labute approximate surface area is 106 Å². The summed E-state index contributed by atoms with van der Waals surface area (Å²) in [5.74, 6) is 0.411. The fourth-order valence-electron chi connectivity index (χ4n) is 1.06. The highest BCUT2D eigenvalue weighted by Gasteiger charge is 2.11. The van der Waals surface area contributed by atoms with Gasteiger partial charge >= 0.3 is 0 Å². The van der Waals surface area contributed by atoms with Crippen LogP contribution in [0.15, 0.2) is 35.2 Å². The summed E-state index contributed by atoms with van der Waals surface area (Å²) in [6.07, 6.45) is 0.812. The topological polar surface area (TPSA) is 69.4 Å². The van der Waals surface area contributed by atoms with Gasteiger partial charge in [0, 0.05) is 0 Å². The third-order valence-corrected chi connectivity index (χ3v) is 3.37. The molecular formula is C11H14ClNO3S. The van der Waals surface area contributed by atoms with Crippen LogP contribution in [0.1, 0.15) is 13.3 Å². The fourth-order valence-corrected chi connectivity index (χ4v) is 1.90. The van der Waals surface area contributed by atoms with Gasteiger partial charge in [-0.25, -0.2) is 13.6 Å². The molecule has 1 aromatic carbocycles. The van der Waals surface area contributed by atoms with Crippen molar-refractivity contribution in [2.45, 2.75) is 18.2 Å². The zero-order chi connectivity index (χ0) is 13.1. The van der Waals surface area contributed by atoms with Gasteiger partial charge in [-0.1, -0.05) is 25.1 Å². The van der Waals surface area contributed by atoms with E-state index in [2.05, 4.69) is 6.58 Å². The minimum atomic E-state index is -3.74. The molecule has 0 saturated carbocycles. The van der Waals surface area contributed by atoms with Crippen LogP contribution in [0.2, 0.25) is 5.02 Å². The van der Waals surface area contributed by atoms with Crippen molar-refractivity contribution in [2.75, 3.05) is 6.61 Å². The number of benzene rings is 1. The van der Waals surface area contributed by atoms with E-state index in [4.69, 9.17) is 21.5 Å². The average molecular weight is 276 g/mol. The predicted octanol–water partition coefficient (Wildman–Crippen LogP) is 2.33. The molecular weight excluding hydrogens is 262 g/mol. The molecule has 0 atom stereocenters. The number of primary sulfonamides is 1. The zero-order valence-electron chi connectivity index (χ0n) is 9.44. The SMILES string of the molecule is C=C(CC)COc1ccc(S(N)(=O)=O)cc1Cl. The van der Waals surface area contributed by atoms with E-state index in [9.17, 15) is 8.42 Å². The molecule has 0 amide bonds. The molecule has 0 fully saturated rings. The molecule has 0 aliphatic rings. The highest BCUT2D eigenvalue weighted by Crippen LogP contribution is 2.27. The Morgan fingerprint density at radius 2 is 2.18 bits per heavy atom. The molecule has 0 saturated heterocycles. The third kappa shape index (κ3) is 4.03. The Kier molecular flexibility index (Phi) is 4.56. The minimum absolute atomic E-state index is 0.0378. The van der Waals surface area contributed by atoms with Gasteiger partial charge in [-0.3, -0.25) is 0 Å². The third-order valence-electron chi connectivity index (χ3n) is 2.16. The maximum absolute atomic E-state index is 11.1. The lowest BCUT2D eigenvalue weighted by Gasteiger charge is -2.09. The number of hydrogen-bond donors (Lipinski definition) is 1. The van der Waals surface area contributed by atoms with Crippen LogP contribution in [0.5, 0.6) is 5.75 Å². The number of ether oxygens (including phenoxy) is 1. The van der Waals surface area contributed by atoms with Gasteiger partial charge in [0.25, 0.3) is 0 Å². The molecule has 17 heavy (non-hydrogen) atoms. The lowest BCUT2D eigenvalue weighted by atomic mass is 10.2. The molecule has 1 rings (SSSR count). The maximum atomic E-state index is 11.1. The first kappa shape index (κ1) is 14.0. The lowest BCUT2D eigenvalue weighted by Crippen LogP contribution is -2.12. The van der Waals surface area contributed by atoms with E-state index in [-0.39, 0.29) is 9.92 Å². The van der Waals surface area contributed by atoms with E-state index < -0.39 is 10.0 Å². The van der Waals surface area contributed by atoms with Gasteiger partial charge in [0.2, 0.25) is 10.0 Å². The van der Waals surface area contributed by atoms with Crippen molar-refractivity contribution in [2.24, 2.45) is 5.14 Å². The molecule has 0 aliphatic carbocycles. The molecule has 6 heteroatoms. The number of sulfonamides is 1. The molecule has 1 aromatic rings. The molecule has 0 aromatic heterocycles. The van der Waals surface area contributed by atoms with Crippen LogP contribution in [-0.2, 0) is 10.0 Å². The van der Waals surface area contributed by atoms with Crippen molar-refractivity contribution in [1.29, 1.82) is 0 Å². The van der Waals surface area contributed by atoms with E-state index in [0.717, 1.165) is 12.0 Å². The standard InChI is InChI=1S/C11H14ClNO3S/c1-3-8(2)7-16-11-5-4-9(6-10(11)12)17(13,14)15/h4-6H,2-3,7H2,1H3,(H2,13,14,15). The van der Waals surface area contributed by atoms with Crippen molar-refractivity contribution < 1.29 is 13.2 Å². The molecule has 0 heterocycles. The van der Waals surface area contributed by atoms with E-state index in [1.807, 2.05) is 6.92 Å². The van der Waals surface area contributed by atoms with Crippen molar-refractivity contribution in [1.82, 2.24) is 0 Å². The zero-order valence-corrected chi connectivity index (χ0v) is 11.0. The minimum Gasteiger partial charge on any atom is -0.488 e. The second-order valence-corrected chi connectivity index (χ2v) is 5.50. The molecule has 0 radical (unpaired) electrons. The molecule has 0 spiro atoms. The Hall–Kier alpha value is -1.04. The van der Waals surface area contributed by atoms with Crippen LogP contribution in [-0.4, -0.2) is 15.0 Å². The molecule has 0 aliphatic heterocycles. The number of nitrogens with two attached hydrogens (primary N) is 1. The summed E-state index contributed by atoms with van der Waals surface area (Å²) < 4.78 is 27.5. The Balaban J connectivity index is 2.88. The van der Waals surface area contributed by atoms with Gasteiger partial charge in [-0.2, -0.15) is 0 Å². The van der Waals surface area contributed by atoms with Crippen LogP contribution in [0.3, 0.4) is 0 Å². The highest BCUT2D eigenvalue weighted by atomic mass is 35.5. The van der Waals surface area contributed by atoms with E-state index >= 15 is 0 Å². The molecule has 4 nitrogen and oxygen atoms in total. The van der Waals surface area contributed by atoms with Crippen molar-refractivity contribution in [3.05, 3.63) is 35.4 Å². The summed E-state index contributed by atoms with van der Waals surface area (Å²) in [6.45, 7) is 6.11. The number of rotatable bonds is 5. The smallest absolute Gasteiger partial charge is 0.238 e. The molecule has 0 bridgehead atoms. The van der Waals surface area contributed by atoms with Crippen molar-refractivity contribution >= 4 is 21.6 Å². The largest absolute Gasteiger partial charge is 0.488 e. The summed E-state index contributed by atoms with van der Waals surface area (Å²) in [5, 5.41) is 5.19. The van der Waals surface area contributed by atoms with Gasteiger partial charge in [-0.05, 0) is 30.2 Å². The predicted molar refractivity (Wildman–Crippen MR) is 67.8 cm³/mol. The Morgan fingerprint density at radius 3 is 2.65 bits per heavy atom. The van der Waals surface area contributed by atoms with E-state index in [1.165, 1.54) is 18.2 Å². The van der Waals surface area contributed by atoms with Gasteiger partial charge < -0.3 is 4.74 Å². The molecule has 0 unspecified atom stereocenters. The van der Waals surface area contributed by atoms with Crippen LogP contribution in [0, 0.1) is 0 Å². The second kappa shape index (κ2) is 5.53. The quantitative estimate of drug-likeness (QED) is 0.839. The summed E-state index contributed by atoms with van der Waals surface area (Å²) >= 11 is 5.89. The molecule has 2 N–H and O–H groups in total. The Bertz CT molecular complexity index is 526. The van der Waals surface area contributed by atoms with Crippen LogP contribution in [0.25, 0.3) is 0 Å². The first-order valence-electron chi connectivity index (χ1n) is 4.96. The number of halogens is 1. The lowest BCUT2D eigenvalue weighted by molar-refractivity contribution is 0.349. The van der Waals surface area contributed by atoms with Gasteiger partial charge in [0.15, 0.2) is 0 Å². The second-order valence-electron chi connectivity index (χ2n) is 3.53. The number of hydrogen-bond acceptors (Lipinski definition) is 3. The molecule has 94 valence electrons. The summed E-state index contributed by atoms with van der Waals surface area (Å²) in [6, 6.07) is 4.09. The highest BCUT2D eigenvalue weighted by molar-refractivity contribution is 7.89. The van der Waals surface area contributed by atoms with Gasteiger partial charge in [0.1, 0.15) is 12.4 Å². The van der Waals surface area contributed by atoms with E-state index in [1.54, 1.807) is 0 Å². The monoisotopic (exact) mass is 275 g/mol. The summed E-state index contributed by atoms with van der Waals surface area (Å²) in [5.41, 5.74) is 0.927. The van der Waals surface area contributed by atoms with Crippen LogP contribution >= 0.6 is 11.6 Å². The fraction of sp³-hybridized carbons (Fsp3) is 0.273. The Morgan fingerprint density at radius 1 is 1.53 bits per heavy atom. The summed E-state index contributed by atoms with van der Waals surface area (Å²) in [7, 11) is -3.74. The van der Waals surface area contributed by atoms with Crippen LogP contribution in [0.4, 0.5) is 0 Å².